The van der Waals surface area contributed by atoms with Gasteiger partial charge in [0.15, 0.2) is 0 Å². The van der Waals surface area contributed by atoms with E-state index in [9.17, 15) is 14.4 Å². The summed E-state index contributed by atoms with van der Waals surface area (Å²) in [5, 5.41) is 12.6. The third-order valence-corrected chi connectivity index (χ3v) is 3.16. The monoisotopic (exact) mass is 282 g/mol. The van der Waals surface area contributed by atoms with Gasteiger partial charge < -0.3 is 15.3 Å². The fourth-order valence-electron chi connectivity index (χ4n) is 1.29. The van der Waals surface area contributed by atoms with Crippen LogP contribution in [0, 0.1) is 0 Å². The van der Waals surface area contributed by atoms with Gasteiger partial charge in [-0.2, -0.15) is 0 Å². The van der Waals surface area contributed by atoms with E-state index in [4.69, 9.17) is 5.11 Å². The quantitative estimate of drug-likeness (QED) is 0.777. The lowest BCUT2D eigenvalue weighted by Crippen LogP contribution is -2.36. The Bertz CT molecular complexity index is 522. The number of thiophene rings is 1. The van der Waals surface area contributed by atoms with Crippen LogP contribution in [0.3, 0.4) is 0 Å². The van der Waals surface area contributed by atoms with Gasteiger partial charge in [-0.05, 0) is 12.1 Å². The maximum atomic E-state index is 12.0. The predicted octanol–water partition coefficient (Wildman–Crippen LogP) is 0.664. The van der Waals surface area contributed by atoms with Crippen molar-refractivity contribution < 1.29 is 19.5 Å². The molecule has 0 atom stereocenters. The van der Waals surface area contributed by atoms with Gasteiger partial charge in [0.05, 0.1) is 12.1 Å². The summed E-state index contributed by atoms with van der Waals surface area (Å²) in [6, 6.07) is 1.59. The molecule has 0 aliphatic heterocycles. The SMILES string of the molecule is CNC(=O)CN(C)C(=O)c1csc(C=CC(=O)O)c1. The Kier molecular flexibility index (Phi) is 5.25. The first-order valence-electron chi connectivity index (χ1n) is 5.39. The van der Waals surface area contributed by atoms with Gasteiger partial charge in [-0.25, -0.2) is 4.79 Å². The lowest BCUT2D eigenvalue weighted by molar-refractivity contribution is -0.131. The first kappa shape index (κ1) is 14.9. The van der Waals surface area contributed by atoms with Crippen molar-refractivity contribution in [1.29, 1.82) is 0 Å². The molecule has 2 amide bonds. The van der Waals surface area contributed by atoms with Gasteiger partial charge in [0.2, 0.25) is 5.91 Å². The summed E-state index contributed by atoms with van der Waals surface area (Å²) in [4.78, 5) is 35.5. The first-order chi connectivity index (χ1) is 8.93. The summed E-state index contributed by atoms with van der Waals surface area (Å²) >= 11 is 1.26. The van der Waals surface area contributed by atoms with E-state index in [0.29, 0.717) is 10.4 Å². The highest BCUT2D eigenvalue weighted by Crippen LogP contribution is 2.17. The highest BCUT2D eigenvalue weighted by atomic mass is 32.1. The van der Waals surface area contributed by atoms with Crippen LogP contribution in [-0.4, -0.2) is 48.4 Å². The van der Waals surface area contributed by atoms with Crippen molar-refractivity contribution in [3.8, 4) is 0 Å². The number of nitrogens with one attached hydrogen (secondary N) is 1. The minimum atomic E-state index is -1.04. The molecule has 0 aromatic carbocycles. The van der Waals surface area contributed by atoms with Crippen LogP contribution in [0.25, 0.3) is 6.08 Å². The third kappa shape index (κ3) is 4.55. The summed E-state index contributed by atoms with van der Waals surface area (Å²) in [5.74, 6) is -1.58. The molecule has 0 radical (unpaired) electrons. The second-order valence-electron chi connectivity index (χ2n) is 3.74. The maximum absolute atomic E-state index is 12.0. The molecule has 1 aromatic heterocycles. The van der Waals surface area contributed by atoms with Crippen LogP contribution in [0.5, 0.6) is 0 Å². The molecule has 102 valence electrons. The van der Waals surface area contributed by atoms with Crippen LogP contribution in [0.15, 0.2) is 17.5 Å². The number of aliphatic carboxylic acids is 1. The molecule has 1 rings (SSSR count). The number of carboxylic acids is 1. The Labute approximate surface area is 114 Å². The molecule has 1 aromatic rings. The van der Waals surface area contributed by atoms with Crippen LogP contribution in [0.4, 0.5) is 0 Å². The summed E-state index contributed by atoms with van der Waals surface area (Å²) in [5.41, 5.74) is 0.432. The van der Waals surface area contributed by atoms with Crippen molar-refractivity contribution in [2.45, 2.75) is 0 Å². The number of nitrogens with zero attached hydrogens (tertiary/aromatic N) is 1. The van der Waals surface area contributed by atoms with Crippen molar-refractivity contribution in [2.24, 2.45) is 0 Å². The standard InChI is InChI=1S/C12H14N2O4S/c1-13-10(15)6-14(2)12(18)8-5-9(19-7-8)3-4-11(16)17/h3-5,7H,6H2,1-2H3,(H,13,15)(H,16,17). The number of rotatable bonds is 5. The second kappa shape index (κ2) is 6.69. The Balaban J connectivity index is 2.72. The third-order valence-electron chi connectivity index (χ3n) is 2.26. The highest BCUT2D eigenvalue weighted by molar-refractivity contribution is 7.11. The lowest BCUT2D eigenvalue weighted by atomic mass is 10.2. The Hall–Kier alpha value is -2.15. The number of hydrogen-bond acceptors (Lipinski definition) is 4. The Morgan fingerprint density at radius 2 is 2.16 bits per heavy atom. The number of amides is 2. The van der Waals surface area contributed by atoms with Crippen LogP contribution in [0.2, 0.25) is 0 Å². The zero-order chi connectivity index (χ0) is 14.4. The zero-order valence-corrected chi connectivity index (χ0v) is 11.4. The normalized spacial score (nSPS) is 10.4. The van der Waals surface area contributed by atoms with Crippen molar-refractivity contribution in [2.75, 3.05) is 20.6 Å². The maximum Gasteiger partial charge on any atom is 0.328 e. The fraction of sp³-hybridized carbons (Fsp3) is 0.250. The molecule has 19 heavy (non-hydrogen) atoms. The zero-order valence-electron chi connectivity index (χ0n) is 10.5. The van der Waals surface area contributed by atoms with Gasteiger partial charge in [0, 0.05) is 30.4 Å². The van der Waals surface area contributed by atoms with Gasteiger partial charge in [-0.3, -0.25) is 9.59 Å². The van der Waals surface area contributed by atoms with Crippen molar-refractivity contribution in [3.05, 3.63) is 28.0 Å². The summed E-state index contributed by atoms with van der Waals surface area (Å²) < 4.78 is 0. The van der Waals surface area contributed by atoms with E-state index in [1.807, 2.05) is 0 Å². The Morgan fingerprint density at radius 1 is 1.47 bits per heavy atom. The van der Waals surface area contributed by atoms with Crippen LogP contribution in [-0.2, 0) is 9.59 Å². The van der Waals surface area contributed by atoms with E-state index in [2.05, 4.69) is 5.32 Å². The molecule has 6 nitrogen and oxygen atoms in total. The minimum absolute atomic E-state index is 0.0223. The first-order valence-corrected chi connectivity index (χ1v) is 6.27. The van der Waals surface area contributed by atoms with Gasteiger partial charge in [-0.1, -0.05) is 0 Å². The molecule has 0 fully saturated rings. The summed E-state index contributed by atoms with van der Waals surface area (Å²) in [7, 11) is 3.03. The molecule has 7 heteroatoms. The molecule has 0 saturated carbocycles. The Morgan fingerprint density at radius 3 is 2.74 bits per heavy atom. The van der Waals surface area contributed by atoms with Gasteiger partial charge in [0.25, 0.3) is 5.91 Å². The highest BCUT2D eigenvalue weighted by Gasteiger charge is 2.15. The van der Waals surface area contributed by atoms with E-state index in [-0.39, 0.29) is 18.4 Å². The minimum Gasteiger partial charge on any atom is -0.478 e. The van der Waals surface area contributed by atoms with Crippen molar-refractivity contribution >= 4 is 35.2 Å². The van der Waals surface area contributed by atoms with Crippen molar-refractivity contribution in [1.82, 2.24) is 10.2 Å². The number of carboxylic acid groups (broad SMARTS) is 1. The number of carbonyl (C=O) groups excluding carboxylic acids is 2. The smallest absolute Gasteiger partial charge is 0.328 e. The number of hydrogen-bond donors (Lipinski definition) is 2. The van der Waals surface area contributed by atoms with Gasteiger partial charge in [0.1, 0.15) is 0 Å². The van der Waals surface area contributed by atoms with Crippen LogP contribution >= 0.6 is 11.3 Å². The average Bonchev–Trinajstić information content (AvgIpc) is 2.83. The number of likely N-dealkylation sites (N-methyl/N-ethyl adjacent to an activating group) is 2. The molecular weight excluding hydrogens is 268 g/mol. The fourth-order valence-corrected chi connectivity index (χ4v) is 2.07. The summed E-state index contributed by atoms with van der Waals surface area (Å²) in [6.45, 7) is -0.0223. The molecule has 0 bridgehead atoms. The molecule has 1 heterocycles. The van der Waals surface area contributed by atoms with E-state index in [1.54, 1.807) is 11.4 Å². The molecule has 2 N–H and O–H groups in total. The molecule has 0 aliphatic carbocycles. The number of carbonyl (C=O) groups is 3. The van der Waals surface area contributed by atoms with E-state index >= 15 is 0 Å². The molecule has 0 spiro atoms. The molecule has 0 aliphatic rings. The van der Waals surface area contributed by atoms with Crippen LogP contribution in [0.1, 0.15) is 15.2 Å². The average molecular weight is 282 g/mol. The van der Waals surface area contributed by atoms with E-state index in [1.165, 1.54) is 36.4 Å². The lowest BCUT2D eigenvalue weighted by Gasteiger charge is -2.14. The summed E-state index contributed by atoms with van der Waals surface area (Å²) in [6.07, 6.45) is 2.43. The van der Waals surface area contributed by atoms with Crippen LogP contribution < -0.4 is 5.32 Å². The van der Waals surface area contributed by atoms with Crippen molar-refractivity contribution in [3.63, 3.8) is 0 Å². The second-order valence-corrected chi connectivity index (χ2v) is 4.69. The largest absolute Gasteiger partial charge is 0.478 e. The van der Waals surface area contributed by atoms with E-state index < -0.39 is 5.97 Å². The van der Waals surface area contributed by atoms with Gasteiger partial charge >= 0.3 is 5.97 Å². The van der Waals surface area contributed by atoms with E-state index in [0.717, 1.165) is 6.08 Å². The predicted molar refractivity (Wildman–Crippen MR) is 72.0 cm³/mol. The molecule has 0 saturated heterocycles. The molecular formula is C12H14N2O4S. The van der Waals surface area contributed by atoms with Gasteiger partial charge in [-0.15, -0.1) is 11.3 Å². The molecule has 0 unspecified atom stereocenters. The topological polar surface area (TPSA) is 86.7 Å².